The average molecular weight is 513 g/mol. The summed E-state index contributed by atoms with van der Waals surface area (Å²) >= 11 is 0. The Morgan fingerprint density at radius 1 is 1.34 bits per heavy atom. The van der Waals surface area contributed by atoms with E-state index in [2.05, 4.69) is 44.6 Å². The zero-order valence-corrected chi connectivity index (χ0v) is 19.7. The summed E-state index contributed by atoms with van der Waals surface area (Å²) in [5, 5.41) is 17.4. The third-order valence-electron chi connectivity index (χ3n) is 5.00. The molecule has 29 heavy (non-hydrogen) atoms. The number of aliphatic hydroxyl groups is 1. The fraction of sp³-hybridized carbons (Fsp3) is 0.524. The highest BCUT2D eigenvalue weighted by Gasteiger charge is 2.26. The zero-order chi connectivity index (χ0) is 20.0. The second-order valence-corrected chi connectivity index (χ2v) is 7.55. The summed E-state index contributed by atoms with van der Waals surface area (Å²) in [5.41, 5.74) is 0.0454. The first-order valence-corrected chi connectivity index (χ1v) is 9.97. The number of aromatic nitrogens is 1. The molecule has 0 amide bonds. The number of pyridine rings is 1. The fourth-order valence-electron chi connectivity index (χ4n) is 3.31. The molecular formula is C21H32IN5O2. The Bertz CT molecular complexity index is 754. The summed E-state index contributed by atoms with van der Waals surface area (Å²) in [7, 11) is 0. The molecule has 8 heteroatoms. The van der Waals surface area contributed by atoms with Crippen LogP contribution in [0.4, 0.5) is 5.82 Å². The molecule has 1 fully saturated rings. The van der Waals surface area contributed by atoms with Gasteiger partial charge in [0.25, 0.3) is 0 Å². The van der Waals surface area contributed by atoms with Crippen LogP contribution in [-0.2, 0) is 5.60 Å². The van der Waals surface area contributed by atoms with E-state index in [0.717, 1.165) is 44.3 Å². The van der Waals surface area contributed by atoms with Crippen molar-refractivity contribution in [3.63, 3.8) is 0 Å². The first kappa shape index (κ1) is 23.5. The predicted octanol–water partition coefficient (Wildman–Crippen LogP) is 3.03. The molecule has 0 aromatic carbocycles. The van der Waals surface area contributed by atoms with Crippen molar-refractivity contribution in [1.82, 2.24) is 15.6 Å². The molecule has 3 rings (SSSR count). The van der Waals surface area contributed by atoms with Gasteiger partial charge in [0, 0.05) is 31.9 Å². The standard InChI is InChI=1S/C21H31N5O2.HI/c1-4-22-20(24-15-21(3,27)18-6-5-13-28-18)25-17-9-11-26(12-10-17)19-8-7-16(2)14-23-19;/h5-8,13-14,17,27H,4,9-12,15H2,1-3H3,(H2,22,24,25);1H. The van der Waals surface area contributed by atoms with Gasteiger partial charge in [0.2, 0.25) is 0 Å². The van der Waals surface area contributed by atoms with Gasteiger partial charge in [-0.05, 0) is 57.4 Å². The fourth-order valence-corrected chi connectivity index (χ4v) is 3.31. The summed E-state index contributed by atoms with van der Waals surface area (Å²) in [4.78, 5) is 11.4. The van der Waals surface area contributed by atoms with Crippen LogP contribution in [0.1, 0.15) is 38.0 Å². The number of guanidine groups is 1. The van der Waals surface area contributed by atoms with Crippen molar-refractivity contribution < 1.29 is 9.52 Å². The molecule has 3 heterocycles. The van der Waals surface area contributed by atoms with Crippen LogP contribution in [0.25, 0.3) is 0 Å². The van der Waals surface area contributed by atoms with Crippen molar-refractivity contribution in [2.45, 2.75) is 45.3 Å². The Balaban J connectivity index is 0.00000300. The number of anilines is 1. The monoisotopic (exact) mass is 513 g/mol. The molecule has 160 valence electrons. The van der Waals surface area contributed by atoms with Crippen LogP contribution >= 0.6 is 24.0 Å². The number of nitrogens with zero attached hydrogens (tertiary/aromatic N) is 3. The van der Waals surface area contributed by atoms with Gasteiger partial charge >= 0.3 is 0 Å². The van der Waals surface area contributed by atoms with Crippen molar-refractivity contribution in [2.24, 2.45) is 4.99 Å². The van der Waals surface area contributed by atoms with Crippen molar-refractivity contribution in [1.29, 1.82) is 0 Å². The maximum atomic E-state index is 10.6. The van der Waals surface area contributed by atoms with Crippen molar-refractivity contribution >= 4 is 35.8 Å². The van der Waals surface area contributed by atoms with Crippen molar-refractivity contribution in [3.05, 3.63) is 48.0 Å². The molecule has 0 saturated carbocycles. The van der Waals surface area contributed by atoms with Crippen LogP contribution in [0.3, 0.4) is 0 Å². The van der Waals surface area contributed by atoms with Gasteiger partial charge in [0.15, 0.2) is 5.96 Å². The van der Waals surface area contributed by atoms with Gasteiger partial charge in [-0.1, -0.05) is 6.07 Å². The lowest BCUT2D eigenvalue weighted by atomic mass is 10.0. The van der Waals surface area contributed by atoms with Crippen LogP contribution in [0.15, 0.2) is 46.1 Å². The van der Waals surface area contributed by atoms with Crippen LogP contribution in [0, 0.1) is 6.92 Å². The summed E-state index contributed by atoms with van der Waals surface area (Å²) in [6.45, 7) is 8.70. The number of hydrogen-bond donors (Lipinski definition) is 3. The highest BCUT2D eigenvalue weighted by Crippen LogP contribution is 2.21. The Kier molecular flexibility index (Phi) is 8.76. The molecule has 0 aliphatic carbocycles. The first-order valence-electron chi connectivity index (χ1n) is 9.97. The third kappa shape index (κ3) is 6.60. The molecule has 0 radical (unpaired) electrons. The van der Waals surface area contributed by atoms with E-state index in [0.29, 0.717) is 11.8 Å². The van der Waals surface area contributed by atoms with Gasteiger partial charge < -0.3 is 25.1 Å². The van der Waals surface area contributed by atoms with E-state index in [4.69, 9.17) is 4.42 Å². The number of furan rings is 1. The lowest BCUT2D eigenvalue weighted by molar-refractivity contribution is 0.0436. The Labute approximate surface area is 190 Å². The van der Waals surface area contributed by atoms with Gasteiger partial charge in [-0.2, -0.15) is 0 Å². The lowest BCUT2D eigenvalue weighted by Gasteiger charge is -2.34. The quantitative estimate of drug-likeness (QED) is 0.313. The molecule has 0 bridgehead atoms. The number of piperidine rings is 1. The summed E-state index contributed by atoms with van der Waals surface area (Å²) in [5.74, 6) is 2.28. The van der Waals surface area contributed by atoms with Gasteiger partial charge in [-0.15, -0.1) is 24.0 Å². The van der Waals surface area contributed by atoms with Crippen LogP contribution in [0.2, 0.25) is 0 Å². The average Bonchev–Trinajstić information content (AvgIpc) is 3.24. The van der Waals surface area contributed by atoms with Gasteiger partial charge in [0.1, 0.15) is 17.2 Å². The lowest BCUT2D eigenvalue weighted by Crippen LogP contribution is -2.49. The van der Waals surface area contributed by atoms with Crippen LogP contribution in [0.5, 0.6) is 0 Å². The number of nitrogens with one attached hydrogen (secondary N) is 2. The molecule has 3 N–H and O–H groups in total. The van der Waals surface area contributed by atoms with E-state index < -0.39 is 5.60 Å². The molecule has 1 saturated heterocycles. The maximum Gasteiger partial charge on any atom is 0.191 e. The minimum Gasteiger partial charge on any atom is -0.466 e. The molecule has 7 nitrogen and oxygen atoms in total. The van der Waals surface area contributed by atoms with E-state index in [1.165, 1.54) is 5.56 Å². The molecule has 1 aliphatic rings. The van der Waals surface area contributed by atoms with Gasteiger partial charge in [-0.25, -0.2) is 9.98 Å². The SMILES string of the molecule is CCNC(=NCC(C)(O)c1ccco1)NC1CCN(c2ccc(C)cn2)CC1.I. The van der Waals surface area contributed by atoms with Gasteiger partial charge in [-0.3, -0.25) is 0 Å². The smallest absolute Gasteiger partial charge is 0.191 e. The minimum atomic E-state index is -1.13. The molecule has 1 aliphatic heterocycles. The maximum absolute atomic E-state index is 10.6. The number of aliphatic imine (C=N–C) groups is 1. The zero-order valence-electron chi connectivity index (χ0n) is 17.4. The topological polar surface area (TPSA) is 85.9 Å². The van der Waals surface area contributed by atoms with Crippen LogP contribution < -0.4 is 15.5 Å². The largest absolute Gasteiger partial charge is 0.466 e. The van der Waals surface area contributed by atoms with E-state index >= 15 is 0 Å². The molecule has 1 atom stereocenters. The Morgan fingerprint density at radius 2 is 2.10 bits per heavy atom. The Hall–Kier alpha value is -1.81. The van der Waals surface area contributed by atoms with Crippen LogP contribution in [-0.4, -0.2) is 48.3 Å². The predicted molar refractivity (Wildman–Crippen MR) is 127 cm³/mol. The first-order chi connectivity index (χ1) is 13.5. The summed E-state index contributed by atoms with van der Waals surface area (Å²) in [6.07, 6.45) is 5.50. The molecule has 1 unspecified atom stereocenters. The van der Waals surface area contributed by atoms with Crippen molar-refractivity contribution in [3.8, 4) is 0 Å². The van der Waals surface area contributed by atoms with E-state index in [1.54, 1.807) is 25.3 Å². The van der Waals surface area contributed by atoms with E-state index in [9.17, 15) is 5.11 Å². The number of halogens is 1. The second-order valence-electron chi connectivity index (χ2n) is 7.55. The Morgan fingerprint density at radius 3 is 2.69 bits per heavy atom. The number of hydrogen-bond acceptors (Lipinski definition) is 5. The normalized spacial score (nSPS) is 17.4. The van der Waals surface area contributed by atoms with Gasteiger partial charge in [0.05, 0.1) is 12.8 Å². The highest BCUT2D eigenvalue weighted by molar-refractivity contribution is 14.0. The summed E-state index contributed by atoms with van der Waals surface area (Å²) < 4.78 is 5.33. The molecule has 2 aromatic rings. The molecular weight excluding hydrogens is 481 g/mol. The molecule has 0 spiro atoms. The third-order valence-corrected chi connectivity index (χ3v) is 5.00. The second kappa shape index (κ2) is 10.8. The minimum absolute atomic E-state index is 0. The highest BCUT2D eigenvalue weighted by atomic mass is 127. The van der Waals surface area contributed by atoms with E-state index in [1.807, 2.05) is 13.1 Å². The summed E-state index contributed by atoms with van der Waals surface area (Å²) in [6, 6.07) is 8.07. The number of aryl methyl sites for hydroxylation is 1. The number of rotatable bonds is 6. The van der Waals surface area contributed by atoms with E-state index in [-0.39, 0.29) is 30.5 Å². The molecule has 2 aromatic heterocycles. The van der Waals surface area contributed by atoms with Crippen molar-refractivity contribution in [2.75, 3.05) is 31.1 Å².